The van der Waals surface area contributed by atoms with E-state index in [2.05, 4.69) is 48.2 Å². The summed E-state index contributed by atoms with van der Waals surface area (Å²) in [6, 6.07) is 12.7. The lowest BCUT2D eigenvalue weighted by Crippen LogP contribution is -2.35. The van der Waals surface area contributed by atoms with Gasteiger partial charge >= 0.3 is 0 Å². The summed E-state index contributed by atoms with van der Waals surface area (Å²) in [5, 5.41) is 2.39. The van der Waals surface area contributed by atoms with E-state index in [4.69, 9.17) is 9.47 Å². The molecule has 2 aromatic rings. The minimum absolute atomic E-state index is 0. The van der Waals surface area contributed by atoms with Gasteiger partial charge in [-0.25, -0.2) is 0 Å². The number of benzene rings is 2. The number of hydrogen-bond donors (Lipinski definition) is 0. The molecule has 23 heavy (non-hydrogen) atoms. The van der Waals surface area contributed by atoms with Gasteiger partial charge in [0.2, 0.25) is 0 Å². The molecular formula is C19H26ClNO2. The van der Waals surface area contributed by atoms with Gasteiger partial charge in [-0.15, -0.1) is 12.4 Å². The summed E-state index contributed by atoms with van der Waals surface area (Å²) < 4.78 is 12.0. The van der Waals surface area contributed by atoms with E-state index in [0.29, 0.717) is 13.2 Å². The number of nitrogens with zero attached hydrogens (tertiary/aromatic N) is 1. The number of hydrogen-bond acceptors (Lipinski definition) is 3. The zero-order valence-electron chi connectivity index (χ0n) is 14.0. The van der Waals surface area contributed by atoms with Crippen molar-refractivity contribution >= 4 is 23.2 Å². The third-order valence-electron chi connectivity index (χ3n) is 4.37. The highest BCUT2D eigenvalue weighted by molar-refractivity contribution is 5.89. The van der Waals surface area contributed by atoms with E-state index in [1.807, 2.05) is 6.92 Å². The van der Waals surface area contributed by atoms with E-state index < -0.39 is 0 Å². The molecule has 0 radical (unpaired) electrons. The van der Waals surface area contributed by atoms with Gasteiger partial charge in [0.1, 0.15) is 12.0 Å². The SMILES string of the molecule is CCOCc1ccc2ccccc2c1OC(C)N1CCCC1.Cl. The second-order valence-electron chi connectivity index (χ2n) is 5.87. The summed E-state index contributed by atoms with van der Waals surface area (Å²) in [6.07, 6.45) is 2.65. The number of halogens is 1. The highest BCUT2D eigenvalue weighted by atomic mass is 35.5. The van der Waals surface area contributed by atoms with Gasteiger partial charge in [-0.2, -0.15) is 0 Å². The fourth-order valence-electron chi connectivity index (χ4n) is 3.10. The van der Waals surface area contributed by atoms with Crippen LogP contribution in [0, 0.1) is 0 Å². The van der Waals surface area contributed by atoms with Crippen LogP contribution >= 0.6 is 12.4 Å². The molecule has 0 amide bonds. The quantitative estimate of drug-likeness (QED) is 0.769. The molecule has 1 unspecified atom stereocenters. The molecule has 3 rings (SSSR count). The minimum Gasteiger partial charge on any atom is -0.474 e. The smallest absolute Gasteiger partial charge is 0.149 e. The Balaban J connectivity index is 0.00000192. The minimum atomic E-state index is 0. The van der Waals surface area contributed by atoms with Crippen LogP contribution in [0.5, 0.6) is 5.75 Å². The standard InChI is InChI=1S/C19H25NO2.ClH/c1-3-21-14-17-11-10-16-8-4-5-9-18(16)19(17)22-15(2)20-12-6-7-13-20;/h4-5,8-11,15H,3,6-7,12-14H2,1-2H3;1H. The lowest BCUT2D eigenvalue weighted by atomic mass is 10.1. The molecule has 1 saturated heterocycles. The van der Waals surface area contributed by atoms with Gasteiger partial charge < -0.3 is 9.47 Å². The van der Waals surface area contributed by atoms with Crippen molar-refractivity contribution in [1.82, 2.24) is 4.90 Å². The van der Waals surface area contributed by atoms with Crippen molar-refractivity contribution in [2.45, 2.75) is 39.5 Å². The topological polar surface area (TPSA) is 21.7 Å². The Morgan fingerprint density at radius 1 is 1.09 bits per heavy atom. The van der Waals surface area contributed by atoms with Crippen molar-refractivity contribution in [1.29, 1.82) is 0 Å². The number of rotatable bonds is 6. The van der Waals surface area contributed by atoms with Gasteiger partial charge in [-0.1, -0.05) is 36.4 Å². The molecule has 1 aliphatic rings. The lowest BCUT2D eigenvalue weighted by molar-refractivity contribution is 0.0565. The highest BCUT2D eigenvalue weighted by Crippen LogP contribution is 2.32. The number of ether oxygens (including phenoxy) is 2. The van der Waals surface area contributed by atoms with E-state index in [1.165, 1.54) is 23.6 Å². The molecule has 0 aromatic heterocycles. The van der Waals surface area contributed by atoms with Crippen LogP contribution in [0.2, 0.25) is 0 Å². The first kappa shape index (κ1) is 18.1. The number of fused-ring (bicyclic) bond motifs is 1. The van der Waals surface area contributed by atoms with Crippen LogP contribution in [-0.2, 0) is 11.3 Å². The molecule has 0 aliphatic carbocycles. The summed E-state index contributed by atoms with van der Waals surface area (Å²) in [7, 11) is 0. The predicted molar refractivity (Wildman–Crippen MR) is 97.4 cm³/mol. The maximum Gasteiger partial charge on any atom is 0.149 e. The highest BCUT2D eigenvalue weighted by Gasteiger charge is 2.21. The van der Waals surface area contributed by atoms with E-state index in [-0.39, 0.29) is 18.6 Å². The number of likely N-dealkylation sites (tertiary alicyclic amines) is 1. The van der Waals surface area contributed by atoms with Gasteiger partial charge in [0.05, 0.1) is 6.61 Å². The molecule has 1 heterocycles. The van der Waals surface area contributed by atoms with E-state index in [9.17, 15) is 0 Å². The lowest BCUT2D eigenvalue weighted by Gasteiger charge is -2.26. The monoisotopic (exact) mass is 335 g/mol. The van der Waals surface area contributed by atoms with Crippen LogP contribution in [0.3, 0.4) is 0 Å². The van der Waals surface area contributed by atoms with Crippen LogP contribution in [0.15, 0.2) is 36.4 Å². The van der Waals surface area contributed by atoms with Crippen molar-refractivity contribution in [2.75, 3.05) is 19.7 Å². The molecule has 0 bridgehead atoms. The van der Waals surface area contributed by atoms with Gasteiger partial charge in [-0.3, -0.25) is 4.90 Å². The maximum atomic E-state index is 6.39. The normalized spacial score (nSPS) is 16.3. The van der Waals surface area contributed by atoms with Crippen molar-refractivity contribution in [3.05, 3.63) is 42.0 Å². The third-order valence-corrected chi connectivity index (χ3v) is 4.37. The molecule has 0 spiro atoms. The zero-order chi connectivity index (χ0) is 15.4. The largest absolute Gasteiger partial charge is 0.474 e. The van der Waals surface area contributed by atoms with Crippen LogP contribution in [0.4, 0.5) is 0 Å². The van der Waals surface area contributed by atoms with Crippen LogP contribution in [0.1, 0.15) is 32.3 Å². The molecule has 1 aliphatic heterocycles. The third kappa shape index (κ3) is 4.17. The molecule has 4 heteroatoms. The molecule has 3 nitrogen and oxygen atoms in total. The van der Waals surface area contributed by atoms with E-state index >= 15 is 0 Å². The summed E-state index contributed by atoms with van der Waals surface area (Å²) in [6.45, 7) is 7.75. The Morgan fingerprint density at radius 3 is 2.57 bits per heavy atom. The second kappa shape index (κ2) is 8.53. The molecular weight excluding hydrogens is 310 g/mol. The average Bonchev–Trinajstić information content (AvgIpc) is 3.08. The van der Waals surface area contributed by atoms with Gasteiger partial charge in [-0.05, 0) is 32.1 Å². The summed E-state index contributed by atoms with van der Waals surface area (Å²) >= 11 is 0. The van der Waals surface area contributed by atoms with Crippen molar-refractivity contribution in [3.8, 4) is 5.75 Å². The Kier molecular flexibility index (Phi) is 6.70. The Hall–Kier alpha value is -1.29. The molecule has 0 saturated carbocycles. The van der Waals surface area contributed by atoms with E-state index in [0.717, 1.165) is 24.4 Å². The van der Waals surface area contributed by atoms with Crippen molar-refractivity contribution in [2.24, 2.45) is 0 Å². The first-order valence-corrected chi connectivity index (χ1v) is 8.28. The Bertz CT molecular complexity index is 626. The summed E-state index contributed by atoms with van der Waals surface area (Å²) in [4.78, 5) is 2.41. The second-order valence-corrected chi connectivity index (χ2v) is 5.87. The molecule has 0 N–H and O–H groups in total. The fraction of sp³-hybridized carbons (Fsp3) is 0.474. The average molecular weight is 336 g/mol. The summed E-state index contributed by atoms with van der Waals surface area (Å²) in [5.41, 5.74) is 1.13. The van der Waals surface area contributed by atoms with Crippen LogP contribution in [-0.4, -0.2) is 30.8 Å². The Labute approximate surface area is 145 Å². The van der Waals surface area contributed by atoms with Crippen molar-refractivity contribution < 1.29 is 9.47 Å². The van der Waals surface area contributed by atoms with Crippen LogP contribution < -0.4 is 4.74 Å². The summed E-state index contributed by atoms with van der Waals surface area (Å²) in [5.74, 6) is 0.978. The molecule has 126 valence electrons. The fourth-order valence-corrected chi connectivity index (χ4v) is 3.10. The zero-order valence-corrected chi connectivity index (χ0v) is 14.8. The first-order chi connectivity index (χ1) is 10.8. The van der Waals surface area contributed by atoms with Gasteiger partial charge in [0.25, 0.3) is 0 Å². The van der Waals surface area contributed by atoms with Crippen molar-refractivity contribution in [3.63, 3.8) is 0 Å². The van der Waals surface area contributed by atoms with Gasteiger partial charge in [0.15, 0.2) is 0 Å². The van der Waals surface area contributed by atoms with E-state index in [1.54, 1.807) is 0 Å². The van der Waals surface area contributed by atoms with Crippen LogP contribution in [0.25, 0.3) is 10.8 Å². The maximum absolute atomic E-state index is 6.39. The Morgan fingerprint density at radius 2 is 1.83 bits per heavy atom. The molecule has 1 atom stereocenters. The van der Waals surface area contributed by atoms with Gasteiger partial charge in [0, 0.05) is 30.6 Å². The molecule has 1 fully saturated rings. The first-order valence-electron chi connectivity index (χ1n) is 8.28. The molecule has 2 aromatic carbocycles. The predicted octanol–water partition coefficient (Wildman–Crippen LogP) is 4.62.